The lowest BCUT2D eigenvalue weighted by molar-refractivity contribution is 0.0101. The largest absolute Gasteiger partial charge is 0.374 e. The summed E-state index contributed by atoms with van der Waals surface area (Å²) in [7, 11) is 0. The minimum atomic E-state index is 0.467. The van der Waals surface area contributed by atoms with E-state index in [4.69, 9.17) is 4.74 Å². The van der Waals surface area contributed by atoms with Crippen molar-refractivity contribution in [2.24, 2.45) is 0 Å². The van der Waals surface area contributed by atoms with E-state index >= 15 is 0 Å². The number of nitrogens with one attached hydrogen (secondary N) is 1. The zero-order chi connectivity index (χ0) is 14.3. The highest BCUT2D eigenvalue weighted by Crippen LogP contribution is 2.25. The summed E-state index contributed by atoms with van der Waals surface area (Å²) in [6.45, 7) is 0.770. The zero-order valence-corrected chi connectivity index (χ0v) is 13.1. The fraction of sp³-hybridized carbons (Fsp3) is 0.684. The second-order valence-electron chi connectivity index (χ2n) is 6.77. The van der Waals surface area contributed by atoms with Crippen LogP contribution in [0.15, 0.2) is 30.3 Å². The molecular weight excluding hydrogens is 258 g/mol. The summed E-state index contributed by atoms with van der Waals surface area (Å²) in [5, 5.41) is 3.90. The molecule has 1 aromatic carbocycles. The standard InChI is InChI=1S/C19H29NO/c1-3-7-16(8-4-1)15-21-19-13-11-18(12-14-19)20-17-9-5-2-6-10-17/h1,3-4,7-8,17-20H,2,5-6,9-15H2/t18-,19-. The lowest BCUT2D eigenvalue weighted by Gasteiger charge is -2.33. The first-order valence-corrected chi connectivity index (χ1v) is 8.82. The SMILES string of the molecule is c1ccc(CO[C@H]2CC[C@H](NC3CCCCC3)CC2)cc1. The molecular formula is C19H29NO. The van der Waals surface area contributed by atoms with Gasteiger partial charge in [0.15, 0.2) is 0 Å². The van der Waals surface area contributed by atoms with Crippen LogP contribution in [0, 0.1) is 0 Å². The number of benzene rings is 1. The molecule has 1 aromatic rings. The van der Waals surface area contributed by atoms with E-state index in [9.17, 15) is 0 Å². The fourth-order valence-corrected chi connectivity index (χ4v) is 3.79. The van der Waals surface area contributed by atoms with Crippen LogP contribution < -0.4 is 5.32 Å². The van der Waals surface area contributed by atoms with Crippen LogP contribution in [-0.4, -0.2) is 18.2 Å². The van der Waals surface area contributed by atoms with Crippen LogP contribution in [0.5, 0.6) is 0 Å². The molecule has 0 spiro atoms. The van der Waals surface area contributed by atoms with E-state index < -0.39 is 0 Å². The first-order chi connectivity index (χ1) is 10.4. The molecule has 1 N–H and O–H groups in total. The van der Waals surface area contributed by atoms with Crippen LogP contribution in [0.25, 0.3) is 0 Å². The van der Waals surface area contributed by atoms with Crippen molar-refractivity contribution in [3.8, 4) is 0 Å². The Bertz CT molecular complexity index is 391. The molecule has 21 heavy (non-hydrogen) atoms. The molecule has 0 radical (unpaired) electrons. The van der Waals surface area contributed by atoms with Gasteiger partial charge in [0.05, 0.1) is 12.7 Å². The molecule has 0 aliphatic heterocycles. The molecule has 3 rings (SSSR count). The average Bonchev–Trinajstić information content (AvgIpc) is 2.56. The molecule has 2 saturated carbocycles. The summed E-state index contributed by atoms with van der Waals surface area (Å²) in [6, 6.07) is 12.1. The van der Waals surface area contributed by atoms with Gasteiger partial charge in [0.25, 0.3) is 0 Å². The highest BCUT2D eigenvalue weighted by molar-refractivity contribution is 5.13. The minimum Gasteiger partial charge on any atom is -0.374 e. The van der Waals surface area contributed by atoms with Crippen molar-refractivity contribution < 1.29 is 4.74 Å². The van der Waals surface area contributed by atoms with Gasteiger partial charge in [-0.05, 0) is 44.1 Å². The van der Waals surface area contributed by atoms with Gasteiger partial charge >= 0.3 is 0 Å². The topological polar surface area (TPSA) is 21.3 Å². The quantitative estimate of drug-likeness (QED) is 0.864. The highest BCUT2D eigenvalue weighted by atomic mass is 16.5. The number of hydrogen-bond donors (Lipinski definition) is 1. The van der Waals surface area contributed by atoms with Crippen molar-refractivity contribution >= 4 is 0 Å². The Kier molecular flexibility index (Phi) is 5.70. The molecule has 2 fully saturated rings. The molecule has 2 aliphatic carbocycles. The first kappa shape index (κ1) is 15.1. The summed E-state index contributed by atoms with van der Waals surface area (Å²) in [5.74, 6) is 0. The van der Waals surface area contributed by atoms with E-state index in [2.05, 4.69) is 35.6 Å². The third-order valence-electron chi connectivity index (χ3n) is 5.08. The van der Waals surface area contributed by atoms with E-state index in [1.54, 1.807) is 0 Å². The second kappa shape index (κ2) is 7.95. The van der Waals surface area contributed by atoms with Gasteiger partial charge in [-0.25, -0.2) is 0 Å². The predicted octanol–water partition coefficient (Wildman–Crippen LogP) is 4.44. The highest BCUT2D eigenvalue weighted by Gasteiger charge is 2.24. The third kappa shape index (κ3) is 4.82. The molecule has 2 aliphatic rings. The Morgan fingerprint density at radius 3 is 2.19 bits per heavy atom. The molecule has 0 bridgehead atoms. The van der Waals surface area contributed by atoms with Crippen LogP contribution >= 0.6 is 0 Å². The first-order valence-electron chi connectivity index (χ1n) is 8.82. The molecule has 0 amide bonds. The Labute approximate surface area is 129 Å². The van der Waals surface area contributed by atoms with E-state index in [1.807, 2.05) is 0 Å². The van der Waals surface area contributed by atoms with Gasteiger partial charge in [0, 0.05) is 12.1 Å². The molecule has 0 saturated heterocycles. The smallest absolute Gasteiger partial charge is 0.0720 e. The van der Waals surface area contributed by atoms with Gasteiger partial charge in [-0.1, -0.05) is 49.6 Å². The van der Waals surface area contributed by atoms with Crippen LogP contribution in [0.4, 0.5) is 0 Å². The summed E-state index contributed by atoms with van der Waals surface area (Å²) in [6.07, 6.45) is 12.6. The van der Waals surface area contributed by atoms with Crippen LogP contribution in [0.2, 0.25) is 0 Å². The van der Waals surface area contributed by atoms with Crippen LogP contribution in [0.3, 0.4) is 0 Å². The van der Waals surface area contributed by atoms with Gasteiger partial charge < -0.3 is 10.1 Å². The van der Waals surface area contributed by atoms with Crippen molar-refractivity contribution in [3.63, 3.8) is 0 Å². The molecule has 0 unspecified atom stereocenters. The molecule has 0 aromatic heterocycles. The molecule has 0 heterocycles. The van der Waals surface area contributed by atoms with E-state index in [0.717, 1.165) is 18.7 Å². The average molecular weight is 287 g/mol. The predicted molar refractivity (Wildman–Crippen MR) is 87.3 cm³/mol. The van der Waals surface area contributed by atoms with Gasteiger partial charge in [0.1, 0.15) is 0 Å². The Morgan fingerprint density at radius 2 is 1.48 bits per heavy atom. The summed E-state index contributed by atoms with van der Waals surface area (Å²) >= 11 is 0. The summed E-state index contributed by atoms with van der Waals surface area (Å²) in [4.78, 5) is 0. The van der Waals surface area contributed by atoms with Crippen LogP contribution in [-0.2, 0) is 11.3 Å². The van der Waals surface area contributed by atoms with Gasteiger partial charge in [0.2, 0.25) is 0 Å². The maximum Gasteiger partial charge on any atom is 0.0720 e. The lowest BCUT2D eigenvalue weighted by atomic mass is 9.89. The van der Waals surface area contributed by atoms with Gasteiger partial charge in [-0.2, -0.15) is 0 Å². The molecule has 2 heteroatoms. The van der Waals surface area contributed by atoms with Crippen molar-refractivity contribution in [1.82, 2.24) is 5.32 Å². The van der Waals surface area contributed by atoms with E-state index in [-0.39, 0.29) is 0 Å². The maximum atomic E-state index is 6.08. The number of rotatable bonds is 5. The van der Waals surface area contributed by atoms with Crippen LogP contribution in [0.1, 0.15) is 63.4 Å². The zero-order valence-electron chi connectivity index (χ0n) is 13.1. The maximum absolute atomic E-state index is 6.08. The fourth-order valence-electron chi connectivity index (χ4n) is 3.79. The monoisotopic (exact) mass is 287 g/mol. The molecule has 2 nitrogen and oxygen atoms in total. The lowest BCUT2D eigenvalue weighted by Crippen LogP contribution is -2.42. The summed E-state index contributed by atoms with van der Waals surface area (Å²) < 4.78 is 6.08. The second-order valence-corrected chi connectivity index (χ2v) is 6.77. The minimum absolute atomic E-state index is 0.467. The van der Waals surface area contributed by atoms with E-state index in [0.29, 0.717) is 6.10 Å². The van der Waals surface area contributed by atoms with Gasteiger partial charge in [-0.3, -0.25) is 0 Å². The number of hydrogen-bond acceptors (Lipinski definition) is 2. The Hall–Kier alpha value is -0.860. The normalized spacial score (nSPS) is 27.6. The van der Waals surface area contributed by atoms with Crippen molar-refractivity contribution in [1.29, 1.82) is 0 Å². The van der Waals surface area contributed by atoms with Gasteiger partial charge in [-0.15, -0.1) is 0 Å². The van der Waals surface area contributed by atoms with Crippen molar-refractivity contribution in [3.05, 3.63) is 35.9 Å². The summed E-state index contributed by atoms with van der Waals surface area (Å²) in [5.41, 5.74) is 1.29. The third-order valence-corrected chi connectivity index (χ3v) is 5.08. The Morgan fingerprint density at radius 1 is 0.810 bits per heavy atom. The van der Waals surface area contributed by atoms with Crippen molar-refractivity contribution in [2.75, 3.05) is 0 Å². The van der Waals surface area contributed by atoms with Crippen molar-refractivity contribution in [2.45, 2.75) is 82.6 Å². The number of ether oxygens (including phenoxy) is 1. The molecule has 116 valence electrons. The Balaban J connectivity index is 1.35. The molecule has 0 atom stereocenters. The van der Waals surface area contributed by atoms with E-state index in [1.165, 1.54) is 63.4 Å².